The standard InChI is InChI=1S/C28H32FN3O3/c1-7-8-31-24-14-23(29)19(12-21(24)18(4)15-28(31,5)6)13-22-25(33)30-27(35)32(26(22)34)20-10-16(2)9-17(3)11-20/h9-14,18H,7-8,15H2,1-6H3,(H,30,33,35)/b22-13-. The van der Waals surface area contributed by atoms with E-state index in [0.29, 0.717) is 5.69 Å². The van der Waals surface area contributed by atoms with E-state index in [-0.39, 0.29) is 22.6 Å². The molecule has 2 aliphatic rings. The Morgan fingerprint density at radius 1 is 1.09 bits per heavy atom. The molecule has 6 nitrogen and oxygen atoms in total. The average Bonchev–Trinajstić information content (AvgIpc) is 2.73. The van der Waals surface area contributed by atoms with E-state index in [1.807, 2.05) is 19.9 Å². The Labute approximate surface area is 205 Å². The van der Waals surface area contributed by atoms with Crippen LogP contribution in [-0.2, 0) is 9.59 Å². The number of aryl methyl sites for hydroxylation is 2. The molecule has 2 aliphatic heterocycles. The monoisotopic (exact) mass is 477 g/mol. The number of imide groups is 2. The maximum absolute atomic E-state index is 15.4. The van der Waals surface area contributed by atoms with Crippen molar-refractivity contribution in [2.24, 2.45) is 0 Å². The number of anilines is 2. The van der Waals surface area contributed by atoms with Crippen LogP contribution in [0.4, 0.5) is 20.6 Å². The van der Waals surface area contributed by atoms with Crippen molar-refractivity contribution in [2.75, 3.05) is 16.3 Å². The van der Waals surface area contributed by atoms with Gasteiger partial charge in [0.05, 0.1) is 5.69 Å². The molecule has 0 radical (unpaired) electrons. The smallest absolute Gasteiger partial charge is 0.335 e. The summed E-state index contributed by atoms with van der Waals surface area (Å²) in [6.45, 7) is 13.1. The molecule has 35 heavy (non-hydrogen) atoms. The van der Waals surface area contributed by atoms with Gasteiger partial charge in [0.2, 0.25) is 0 Å². The van der Waals surface area contributed by atoms with Crippen LogP contribution < -0.4 is 15.1 Å². The number of amides is 4. The molecule has 1 unspecified atom stereocenters. The second kappa shape index (κ2) is 8.95. The van der Waals surface area contributed by atoms with Gasteiger partial charge in [0.1, 0.15) is 11.4 Å². The minimum atomic E-state index is -0.834. The molecule has 2 aromatic rings. The number of hydrogen-bond acceptors (Lipinski definition) is 4. The predicted molar refractivity (Wildman–Crippen MR) is 136 cm³/mol. The number of halogens is 1. The van der Waals surface area contributed by atoms with Crippen LogP contribution in [-0.4, -0.2) is 29.9 Å². The predicted octanol–water partition coefficient (Wildman–Crippen LogP) is 5.61. The topological polar surface area (TPSA) is 69.7 Å². The third-order valence-electron chi connectivity index (χ3n) is 6.82. The van der Waals surface area contributed by atoms with Crippen molar-refractivity contribution >= 4 is 35.3 Å². The lowest BCUT2D eigenvalue weighted by atomic mass is 9.79. The molecule has 0 bridgehead atoms. The fourth-order valence-electron chi connectivity index (χ4n) is 5.41. The molecular formula is C28H32FN3O3. The summed E-state index contributed by atoms with van der Waals surface area (Å²) in [5.41, 5.74) is 3.70. The van der Waals surface area contributed by atoms with E-state index in [4.69, 9.17) is 0 Å². The van der Waals surface area contributed by atoms with Crippen LogP contribution >= 0.6 is 0 Å². The van der Waals surface area contributed by atoms with Crippen LogP contribution in [0.15, 0.2) is 35.9 Å². The Morgan fingerprint density at radius 2 is 1.74 bits per heavy atom. The molecule has 0 saturated carbocycles. The van der Waals surface area contributed by atoms with Gasteiger partial charge in [-0.3, -0.25) is 14.9 Å². The van der Waals surface area contributed by atoms with Gasteiger partial charge in [0.25, 0.3) is 11.8 Å². The summed E-state index contributed by atoms with van der Waals surface area (Å²) in [6.07, 6.45) is 3.09. The molecule has 2 aromatic carbocycles. The van der Waals surface area contributed by atoms with Gasteiger partial charge in [-0.15, -0.1) is 0 Å². The van der Waals surface area contributed by atoms with Gasteiger partial charge >= 0.3 is 6.03 Å². The summed E-state index contributed by atoms with van der Waals surface area (Å²) in [5.74, 6) is -1.95. The Morgan fingerprint density at radius 3 is 2.37 bits per heavy atom. The highest BCUT2D eigenvalue weighted by Gasteiger charge is 2.39. The summed E-state index contributed by atoms with van der Waals surface area (Å²) < 4.78 is 15.4. The molecule has 4 amide bonds. The zero-order valence-corrected chi connectivity index (χ0v) is 21.2. The number of rotatable bonds is 4. The number of hydrogen-bond donors (Lipinski definition) is 1. The number of carbonyl (C=O) groups excluding carboxylic acids is 3. The van der Waals surface area contributed by atoms with Crippen molar-refractivity contribution < 1.29 is 18.8 Å². The number of benzene rings is 2. The van der Waals surface area contributed by atoms with Crippen LogP contribution in [0.25, 0.3) is 6.08 Å². The number of nitrogens with zero attached hydrogens (tertiary/aromatic N) is 2. The molecule has 184 valence electrons. The van der Waals surface area contributed by atoms with E-state index in [2.05, 4.69) is 37.9 Å². The number of nitrogens with one attached hydrogen (secondary N) is 1. The molecule has 1 saturated heterocycles. The van der Waals surface area contributed by atoms with Gasteiger partial charge in [-0.1, -0.05) is 19.9 Å². The van der Waals surface area contributed by atoms with Crippen molar-refractivity contribution in [3.63, 3.8) is 0 Å². The second-order valence-corrected chi connectivity index (χ2v) is 10.3. The zero-order valence-electron chi connectivity index (χ0n) is 21.2. The van der Waals surface area contributed by atoms with Gasteiger partial charge in [-0.05, 0) is 93.5 Å². The number of urea groups is 1. The number of fused-ring (bicyclic) bond motifs is 1. The summed E-state index contributed by atoms with van der Waals surface area (Å²) in [4.78, 5) is 41.7. The largest absolute Gasteiger partial charge is 0.366 e. The minimum Gasteiger partial charge on any atom is -0.366 e. The highest BCUT2D eigenvalue weighted by molar-refractivity contribution is 6.39. The number of carbonyl (C=O) groups is 3. The molecule has 4 rings (SSSR count). The van der Waals surface area contributed by atoms with E-state index in [9.17, 15) is 14.4 Å². The first-order chi connectivity index (χ1) is 16.4. The Balaban J connectivity index is 1.78. The van der Waals surface area contributed by atoms with Crippen LogP contribution in [0.5, 0.6) is 0 Å². The van der Waals surface area contributed by atoms with Crippen LogP contribution in [0.2, 0.25) is 0 Å². The molecule has 1 N–H and O–H groups in total. The zero-order chi connectivity index (χ0) is 25.7. The van der Waals surface area contributed by atoms with Gasteiger partial charge in [0.15, 0.2) is 0 Å². The lowest BCUT2D eigenvalue weighted by Gasteiger charge is -2.47. The fourth-order valence-corrected chi connectivity index (χ4v) is 5.41. The average molecular weight is 478 g/mol. The molecular weight excluding hydrogens is 445 g/mol. The third kappa shape index (κ3) is 4.47. The van der Waals surface area contributed by atoms with Gasteiger partial charge < -0.3 is 4.90 Å². The molecule has 7 heteroatoms. The summed E-state index contributed by atoms with van der Waals surface area (Å²) in [7, 11) is 0. The van der Waals surface area contributed by atoms with E-state index in [0.717, 1.165) is 46.7 Å². The van der Waals surface area contributed by atoms with Crippen molar-refractivity contribution in [3.05, 3.63) is 64.0 Å². The quantitative estimate of drug-likeness (QED) is 0.459. The van der Waals surface area contributed by atoms with Crippen molar-refractivity contribution in [1.82, 2.24) is 5.32 Å². The lowest BCUT2D eigenvalue weighted by Crippen LogP contribution is -2.54. The third-order valence-corrected chi connectivity index (χ3v) is 6.82. The van der Waals surface area contributed by atoms with Crippen molar-refractivity contribution in [1.29, 1.82) is 0 Å². The lowest BCUT2D eigenvalue weighted by molar-refractivity contribution is -0.122. The van der Waals surface area contributed by atoms with E-state index >= 15 is 4.39 Å². The highest BCUT2D eigenvalue weighted by atomic mass is 19.1. The Hall–Kier alpha value is -3.48. The summed E-state index contributed by atoms with van der Waals surface area (Å²) >= 11 is 0. The Kier molecular flexibility index (Phi) is 6.30. The molecule has 2 heterocycles. The maximum Gasteiger partial charge on any atom is 0.335 e. The molecule has 1 atom stereocenters. The van der Waals surface area contributed by atoms with Crippen molar-refractivity contribution in [3.8, 4) is 0 Å². The molecule has 1 fully saturated rings. The van der Waals surface area contributed by atoms with Gasteiger partial charge in [0, 0.05) is 23.3 Å². The van der Waals surface area contributed by atoms with Crippen molar-refractivity contribution in [2.45, 2.75) is 65.8 Å². The van der Waals surface area contributed by atoms with Crippen LogP contribution in [0, 0.1) is 19.7 Å². The highest BCUT2D eigenvalue weighted by Crippen LogP contribution is 2.44. The van der Waals surface area contributed by atoms with Crippen LogP contribution in [0.3, 0.4) is 0 Å². The van der Waals surface area contributed by atoms with Gasteiger partial charge in [-0.25, -0.2) is 14.1 Å². The first-order valence-corrected chi connectivity index (χ1v) is 12.0. The fraction of sp³-hybridized carbons (Fsp3) is 0.393. The SMILES string of the molecule is CCCN1c2cc(F)c(/C=C3/C(=O)NC(=O)N(c4cc(C)cc(C)c4)C3=O)cc2C(C)CC1(C)C. The summed E-state index contributed by atoms with van der Waals surface area (Å²) in [5, 5.41) is 2.22. The minimum absolute atomic E-state index is 0.110. The van der Waals surface area contributed by atoms with Crippen LogP contribution in [0.1, 0.15) is 68.7 Å². The maximum atomic E-state index is 15.4. The molecule has 0 aromatic heterocycles. The molecule has 0 spiro atoms. The first kappa shape index (κ1) is 24.6. The second-order valence-electron chi connectivity index (χ2n) is 10.3. The molecule has 0 aliphatic carbocycles. The number of barbiturate groups is 1. The Bertz CT molecular complexity index is 1240. The van der Waals surface area contributed by atoms with Gasteiger partial charge in [-0.2, -0.15) is 0 Å². The van der Waals surface area contributed by atoms with E-state index in [1.54, 1.807) is 18.2 Å². The normalized spacial score (nSPS) is 20.8. The van der Waals surface area contributed by atoms with E-state index in [1.165, 1.54) is 12.1 Å². The van der Waals surface area contributed by atoms with E-state index < -0.39 is 23.7 Å². The summed E-state index contributed by atoms with van der Waals surface area (Å²) in [6, 6.07) is 7.74. The first-order valence-electron chi connectivity index (χ1n) is 12.0.